The van der Waals surface area contributed by atoms with Crippen LogP contribution in [0.5, 0.6) is 0 Å². The number of carbonyl (C=O) groups is 1. The van der Waals surface area contributed by atoms with E-state index < -0.39 is 0 Å². The molecule has 3 heteroatoms. The lowest BCUT2D eigenvalue weighted by Gasteiger charge is -2.38. The van der Waals surface area contributed by atoms with Gasteiger partial charge in [-0.1, -0.05) is 13.8 Å². The average molecular weight is 226 g/mol. The standard InChI is InChI=1S/C13H26N2O/c1-5-13(2,11-16)10-15(4)12-6-8-14(3)9-7-12/h11-12H,5-10H2,1-4H3. The van der Waals surface area contributed by atoms with Gasteiger partial charge in [0, 0.05) is 18.0 Å². The second-order valence-corrected chi connectivity index (χ2v) is 5.57. The van der Waals surface area contributed by atoms with Gasteiger partial charge in [-0.25, -0.2) is 0 Å². The molecule has 0 saturated carbocycles. The van der Waals surface area contributed by atoms with Gasteiger partial charge >= 0.3 is 0 Å². The van der Waals surface area contributed by atoms with Crippen molar-refractivity contribution in [1.29, 1.82) is 0 Å². The molecule has 0 aromatic carbocycles. The quantitative estimate of drug-likeness (QED) is 0.666. The fourth-order valence-electron chi connectivity index (χ4n) is 2.37. The van der Waals surface area contributed by atoms with Crippen molar-refractivity contribution in [3.63, 3.8) is 0 Å². The summed E-state index contributed by atoms with van der Waals surface area (Å²) in [4.78, 5) is 15.9. The lowest BCUT2D eigenvalue weighted by Crippen LogP contribution is -2.45. The molecule has 0 aromatic heterocycles. The SMILES string of the molecule is CCC(C)(C=O)CN(C)C1CCN(C)CC1. The number of nitrogens with zero attached hydrogens (tertiary/aromatic N) is 2. The molecule has 1 rings (SSSR count). The normalized spacial score (nSPS) is 23.3. The monoisotopic (exact) mass is 226 g/mol. The van der Waals surface area contributed by atoms with Gasteiger partial charge in [0.25, 0.3) is 0 Å². The van der Waals surface area contributed by atoms with Crippen LogP contribution in [0.4, 0.5) is 0 Å². The Morgan fingerprint density at radius 1 is 1.44 bits per heavy atom. The molecule has 1 aliphatic rings. The Morgan fingerprint density at radius 3 is 2.44 bits per heavy atom. The van der Waals surface area contributed by atoms with Crippen LogP contribution in [0, 0.1) is 5.41 Å². The smallest absolute Gasteiger partial charge is 0.127 e. The van der Waals surface area contributed by atoms with E-state index >= 15 is 0 Å². The molecule has 0 amide bonds. The van der Waals surface area contributed by atoms with Crippen LogP contribution in [0.1, 0.15) is 33.1 Å². The first kappa shape index (κ1) is 13.7. The minimum atomic E-state index is -0.169. The predicted molar refractivity (Wildman–Crippen MR) is 67.6 cm³/mol. The maximum atomic E-state index is 11.1. The molecule has 0 aliphatic carbocycles. The van der Waals surface area contributed by atoms with Gasteiger partial charge in [-0.05, 0) is 46.4 Å². The molecule has 1 fully saturated rings. The van der Waals surface area contributed by atoms with Crippen molar-refractivity contribution in [3.05, 3.63) is 0 Å². The van der Waals surface area contributed by atoms with Gasteiger partial charge in [-0.2, -0.15) is 0 Å². The van der Waals surface area contributed by atoms with Crippen molar-refractivity contribution in [2.24, 2.45) is 5.41 Å². The summed E-state index contributed by atoms with van der Waals surface area (Å²) in [6.45, 7) is 7.40. The maximum absolute atomic E-state index is 11.1. The molecule has 1 aliphatic heterocycles. The molecule has 0 radical (unpaired) electrons. The number of hydrogen-bond acceptors (Lipinski definition) is 3. The highest BCUT2D eigenvalue weighted by molar-refractivity contribution is 5.58. The Morgan fingerprint density at radius 2 is 2.00 bits per heavy atom. The maximum Gasteiger partial charge on any atom is 0.127 e. The van der Waals surface area contributed by atoms with Gasteiger partial charge in [-0.3, -0.25) is 0 Å². The van der Waals surface area contributed by atoms with Crippen LogP contribution in [0.3, 0.4) is 0 Å². The Kier molecular flexibility index (Phi) is 4.93. The molecule has 1 heterocycles. The molecular weight excluding hydrogens is 200 g/mol. The van der Waals surface area contributed by atoms with Crippen LogP contribution >= 0.6 is 0 Å². The molecule has 16 heavy (non-hydrogen) atoms. The van der Waals surface area contributed by atoms with Crippen LogP contribution < -0.4 is 0 Å². The van der Waals surface area contributed by atoms with Gasteiger partial charge in [0.05, 0.1) is 0 Å². The van der Waals surface area contributed by atoms with Crippen molar-refractivity contribution in [3.8, 4) is 0 Å². The Labute approximate surface area is 99.8 Å². The van der Waals surface area contributed by atoms with Crippen molar-refractivity contribution < 1.29 is 4.79 Å². The van der Waals surface area contributed by atoms with E-state index in [1.165, 1.54) is 25.9 Å². The van der Waals surface area contributed by atoms with E-state index in [1.54, 1.807) is 0 Å². The van der Waals surface area contributed by atoms with Crippen molar-refractivity contribution in [2.45, 2.75) is 39.2 Å². The third kappa shape index (κ3) is 3.56. The van der Waals surface area contributed by atoms with Gasteiger partial charge in [0.2, 0.25) is 0 Å². The number of hydrogen-bond donors (Lipinski definition) is 0. The van der Waals surface area contributed by atoms with Crippen LogP contribution in [0.25, 0.3) is 0 Å². The first-order chi connectivity index (χ1) is 7.50. The summed E-state index contributed by atoms with van der Waals surface area (Å²) in [5, 5.41) is 0. The van der Waals surface area contributed by atoms with Crippen LogP contribution in [0.15, 0.2) is 0 Å². The number of likely N-dealkylation sites (tertiary alicyclic amines) is 1. The van der Waals surface area contributed by atoms with Crippen molar-refractivity contribution in [2.75, 3.05) is 33.7 Å². The molecule has 1 saturated heterocycles. The van der Waals surface area contributed by atoms with Gasteiger partial charge in [0.1, 0.15) is 6.29 Å². The van der Waals surface area contributed by atoms with Crippen LogP contribution in [-0.4, -0.2) is 55.9 Å². The minimum absolute atomic E-state index is 0.169. The summed E-state index contributed by atoms with van der Waals surface area (Å²) in [5.41, 5.74) is -0.169. The van der Waals surface area contributed by atoms with E-state index in [0.717, 1.165) is 19.3 Å². The highest BCUT2D eigenvalue weighted by Crippen LogP contribution is 2.22. The summed E-state index contributed by atoms with van der Waals surface area (Å²) in [6, 6.07) is 0.655. The fraction of sp³-hybridized carbons (Fsp3) is 0.923. The molecule has 94 valence electrons. The molecule has 3 nitrogen and oxygen atoms in total. The minimum Gasteiger partial charge on any atom is -0.306 e. The van der Waals surface area contributed by atoms with Crippen LogP contribution in [0.2, 0.25) is 0 Å². The predicted octanol–water partition coefficient (Wildman–Crippen LogP) is 1.63. The Bertz CT molecular complexity index is 224. The summed E-state index contributed by atoms with van der Waals surface area (Å²) < 4.78 is 0. The molecule has 0 N–H and O–H groups in total. The third-order valence-electron chi connectivity index (χ3n) is 4.01. The Balaban J connectivity index is 2.45. The first-order valence-corrected chi connectivity index (χ1v) is 6.36. The molecule has 0 bridgehead atoms. The van der Waals surface area contributed by atoms with Crippen molar-refractivity contribution >= 4 is 6.29 Å². The molecular formula is C13H26N2O. The van der Waals surface area contributed by atoms with Gasteiger partial charge in [-0.15, -0.1) is 0 Å². The van der Waals surface area contributed by atoms with Gasteiger partial charge in [0.15, 0.2) is 0 Å². The second kappa shape index (κ2) is 5.78. The van der Waals surface area contributed by atoms with Crippen molar-refractivity contribution in [1.82, 2.24) is 9.80 Å². The second-order valence-electron chi connectivity index (χ2n) is 5.57. The fourth-order valence-corrected chi connectivity index (χ4v) is 2.37. The highest BCUT2D eigenvalue weighted by atomic mass is 16.1. The van der Waals surface area contributed by atoms with E-state index in [1.807, 2.05) is 0 Å². The molecule has 1 unspecified atom stereocenters. The third-order valence-corrected chi connectivity index (χ3v) is 4.01. The van der Waals surface area contributed by atoms with E-state index in [9.17, 15) is 4.79 Å². The lowest BCUT2D eigenvalue weighted by molar-refractivity contribution is -0.116. The highest BCUT2D eigenvalue weighted by Gasteiger charge is 2.28. The van der Waals surface area contributed by atoms with E-state index in [4.69, 9.17) is 0 Å². The van der Waals surface area contributed by atoms with E-state index in [2.05, 4.69) is 37.7 Å². The zero-order valence-electron chi connectivity index (χ0n) is 11.2. The zero-order chi connectivity index (χ0) is 12.2. The van der Waals surface area contributed by atoms with Gasteiger partial charge < -0.3 is 14.6 Å². The lowest BCUT2D eigenvalue weighted by atomic mass is 9.88. The number of carbonyl (C=O) groups excluding carboxylic acids is 1. The summed E-state index contributed by atoms with van der Waals surface area (Å²) in [6.07, 6.45) is 4.50. The average Bonchev–Trinajstić information content (AvgIpc) is 2.29. The molecule has 0 aromatic rings. The number of rotatable bonds is 5. The largest absolute Gasteiger partial charge is 0.306 e. The number of aldehydes is 1. The zero-order valence-corrected chi connectivity index (χ0v) is 11.2. The Hall–Kier alpha value is -0.410. The van der Waals surface area contributed by atoms with E-state index in [-0.39, 0.29) is 5.41 Å². The van der Waals surface area contributed by atoms with Crippen LogP contribution in [-0.2, 0) is 4.79 Å². The summed E-state index contributed by atoms with van der Waals surface area (Å²) in [5.74, 6) is 0. The topological polar surface area (TPSA) is 23.6 Å². The molecule has 0 spiro atoms. The summed E-state index contributed by atoms with van der Waals surface area (Å²) >= 11 is 0. The molecule has 1 atom stereocenters. The van der Waals surface area contributed by atoms with E-state index in [0.29, 0.717) is 6.04 Å². The first-order valence-electron chi connectivity index (χ1n) is 6.36. The summed E-state index contributed by atoms with van der Waals surface area (Å²) in [7, 11) is 4.34. The number of piperidine rings is 1.